The molecule has 3 aliphatic carbocycles. The summed E-state index contributed by atoms with van der Waals surface area (Å²) in [4.78, 5) is 35.8. The highest BCUT2D eigenvalue weighted by Crippen LogP contribution is 2.74. The summed E-state index contributed by atoms with van der Waals surface area (Å²) < 4.78 is 17.3. The normalized spacial score (nSPS) is 46.7. The average Bonchev–Trinajstić information content (AvgIpc) is 3.44. The van der Waals surface area contributed by atoms with Crippen molar-refractivity contribution in [2.45, 2.75) is 93.7 Å². The van der Waals surface area contributed by atoms with Crippen molar-refractivity contribution < 1.29 is 43.9 Å². The topological polar surface area (TPSA) is 143 Å². The minimum absolute atomic E-state index is 0.0783. The highest BCUT2D eigenvalue weighted by molar-refractivity contribution is 6.22. The van der Waals surface area contributed by atoms with Crippen LogP contribution in [0.15, 0.2) is 11.1 Å². The first-order valence-electron chi connectivity index (χ1n) is 11.9. The van der Waals surface area contributed by atoms with E-state index in [4.69, 9.17) is 30.9 Å². The number of ether oxygens (including phenoxy) is 3. The molecule has 0 aromatic heterocycles. The van der Waals surface area contributed by atoms with E-state index in [1.807, 2.05) is 6.92 Å². The number of carboxylic acids is 1. The molecule has 0 aromatic carbocycles. The Morgan fingerprint density at radius 2 is 1.94 bits per heavy atom. The Hall–Kier alpha value is -1.68. The summed E-state index contributed by atoms with van der Waals surface area (Å²) in [6.07, 6.45) is -1.22. The zero-order chi connectivity index (χ0) is 24.8. The van der Waals surface area contributed by atoms with Gasteiger partial charge in [-0.05, 0) is 43.1 Å². The maximum atomic E-state index is 12.7. The third kappa shape index (κ3) is 2.75. The van der Waals surface area contributed by atoms with E-state index in [2.05, 4.69) is 0 Å². The van der Waals surface area contributed by atoms with Gasteiger partial charge in [0.15, 0.2) is 6.10 Å². The van der Waals surface area contributed by atoms with Gasteiger partial charge in [0.25, 0.3) is 0 Å². The summed E-state index contributed by atoms with van der Waals surface area (Å²) in [5.74, 6) is -2.84. The molecule has 2 aliphatic heterocycles. The van der Waals surface area contributed by atoms with Gasteiger partial charge in [0.2, 0.25) is 0 Å². The predicted octanol–water partition coefficient (Wildman–Crippen LogP) is 1.70. The van der Waals surface area contributed by atoms with E-state index < -0.39 is 70.5 Å². The Morgan fingerprint density at radius 3 is 2.59 bits per heavy atom. The zero-order valence-corrected chi connectivity index (χ0v) is 20.3. The van der Waals surface area contributed by atoms with Crippen LogP contribution in [0.3, 0.4) is 0 Å². The van der Waals surface area contributed by atoms with Gasteiger partial charge in [-0.15, -0.1) is 11.6 Å². The fourth-order valence-corrected chi connectivity index (χ4v) is 8.09. The first-order valence-corrected chi connectivity index (χ1v) is 12.3. The average molecular weight is 499 g/mol. The van der Waals surface area contributed by atoms with E-state index >= 15 is 0 Å². The van der Waals surface area contributed by atoms with Crippen molar-refractivity contribution in [3.05, 3.63) is 11.1 Å². The molecule has 8 atom stereocenters. The number of rotatable bonds is 5. The smallest absolute Gasteiger partial charge is 0.334 e. The minimum Gasteiger partial charge on any atom is -0.481 e. The predicted molar refractivity (Wildman–Crippen MR) is 117 cm³/mol. The lowest BCUT2D eigenvalue weighted by Crippen LogP contribution is -2.79. The Labute approximate surface area is 202 Å². The van der Waals surface area contributed by atoms with Gasteiger partial charge in [-0.2, -0.15) is 0 Å². The first kappa shape index (κ1) is 24.0. The maximum absolute atomic E-state index is 12.7. The van der Waals surface area contributed by atoms with E-state index in [-0.39, 0.29) is 24.9 Å². The largest absolute Gasteiger partial charge is 0.481 e. The van der Waals surface area contributed by atoms with E-state index in [0.717, 1.165) is 5.57 Å². The SMILES string of the molecule is CC(C)[C@]1(O)[C@H](Cl)[C@@H]2O[C@@]23[C@@]2(C)CCC4=C(COC4=O)[C@@H]2CC[C@@]3(O)[C@@H]1OC(=O)CCC(=O)O. The Bertz CT molecular complexity index is 993. The lowest BCUT2D eigenvalue weighted by Gasteiger charge is -2.62. The molecule has 5 aliphatic rings. The van der Waals surface area contributed by atoms with Crippen LogP contribution in [0.25, 0.3) is 0 Å². The molecule has 0 amide bonds. The minimum atomic E-state index is -1.80. The van der Waals surface area contributed by atoms with Crippen LogP contribution in [0, 0.1) is 17.3 Å². The fraction of sp³-hybridized carbons (Fsp3) is 0.792. The molecule has 0 bridgehead atoms. The quantitative estimate of drug-likeness (QED) is 0.293. The van der Waals surface area contributed by atoms with Crippen LogP contribution in [-0.2, 0) is 28.6 Å². The molecule has 2 saturated carbocycles. The Balaban J connectivity index is 1.57. The van der Waals surface area contributed by atoms with Crippen LogP contribution in [0.5, 0.6) is 0 Å². The van der Waals surface area contributed by atoms with Crippen LogP contribution < -0.4 is 0 Å². The van der Waals surface area contributed by atoms with E-state index in [1.165, 1.54) is 0 Å². The van der Waals surface area contributed by atoms with Crippen LogP contribution in [0.2, 0.25) is 0 Å². The van der Waals surface area contributed by atoms with Gasteiger partial charge >= 0.3 is 17.9 Å². The monoisotopic (exact) mass is 498 g/mol. The van der Waals surface area contributed by atoms with Crippen molar-refractivity contribution in [2.24, 2.45) is 17.3 Å². The molecule has 188 valence electrons. The second-order valence-corrected chi connectivity index (χ2v) is 11.5. The molecule has 1 spiro atoms. The summed E-state index contributed by atoms with van der Waals surface area (Å²) in [7, 11) is 0. The van der Waals surface area contributed by atoms with Crippen molar-refractivity contribution in [2.75, 3.05) is 6.61 Å². The maximum Gasteiger partial charge on any atom is 0.334 e. The van der Waals surface area contributed by atoms with Gasteiger partial charge in [-0.1, -0.05) is 20.8 Å². The number of fused-ring (bicyclic) bond motifs is 2. The number of aliphatic carboxylic acids is 1. The summed E-state index contributed by atoms with van der Waals surface area (Å²) in [6.45, 7) is 5.71. The summed E-state index contributed by atoms with van der Waals surface area (Å²) in [5, 5.41) is 32.1. The molecule has 34 heavy (non-hydrogen) atoms. The molecule has 3 fully saturated rings. The number of carbonyl (C=O) groups is 3. The highest BCUT2D eigenvalue weighted by atomic mass is 35.5. The van der Waals surface area contributed by atoms with Gasteiger partial charge in [0.05, 0.1) is 18.2 Å². The van der Waals surface area contributed by atoms with Gasteiger partial charge in [-0.3, -0.25) is 9.59 Å². The van der Waals surface area contributed by atoms with Crippen molar-refractivity contribution in [1.29, 1.82) is 0 Å². The molecular weight excluding hydrogens is 468 g/mol. The van der Waals surface area contributed by atoms with Crippen molar-refractivity contribution >= 4 is 29.5 Å². The number of alkyl halides is 1. The summed E-state index contributed by atoms with van der Waals surface area (Å²) in [5.41, 5.74) is -3.71. The molecule has 0 radical (unpaired) electrons. The standard InChI is InChI=1S/C24H31ClO9/c1-11(2)23(31)17(25)18-24(34-18)21(3)8-6-12-13(10-32-19(12)29)14(21)7-9-22(24,30)20(23)33-16(28)5-4-15(26)27/h11,14,17-18,20,30-31H,4-10H2,1-3H3,(H,26,27)/t14-,17+,18-,20-,21-,22+,23-,24+/m0/s1. The van der Waals surface area contributed by atoms with E-state index in [9.17, 15) is 24.6 Å². The number of aliphatic hydroxyl groups is 2. The molecule has 2 heterocycles. The number of carboxylic acid groups (broad SMARTS) is 1. The summed E-state index contributed by atoms with van der Waals surface area (Å²) in [6, 6.07) is 0. The van der Waals surface area contributed by atoms with Crippen LogP contribution in [-0.4, -0.2) is 74.2 Å². The Morgan fingerprint density at radius 1 is 1.24 bits per heavy atom. The molecule has 0 aromatic rings. The number of halogens is 1. The third-order valence-corrected chi connectivity index (χ3v) is 9.90. The van der Waals surface area contributed by atoms with Gasteiger partial charge in [0, 0.05) is 11.0 Å². The third-order valence-electron chi connectivity index (χ3n) is 9.32. The number of esters is 2. The molecule has 3 N–H and O–H groups in total. The highest BCUT2D eigenvalue weighted by Gasteiger charge is 2.89. The van der Waals surface area contributed by atoms with Crippen LogP contribution in [0.4, 0.5) is 0 Å². The zero-order valence-electron chi connectivity index (χ0n) is 19.5. The second-order valence-electron chi connectivity index (χ2n) is 11.0. The lowest BCUT2D eigenvalue weighted by atomic mass is 9.44. The molecule has 1 saturated heterocycles. The van der Waals surface area contributed by atoms with Crippen LogP contribution >= 0.6 is 11.6 Å². The van der Waals surface area contributed by atoms with Gasteiger partial charge in [0.1, 0.15) is 29.5 Å². The number of epoxide rings is 1. The number of cyclic esters (lactones) is 1. The van der Waals surface area contributed by atoms with Crippen molar-refractivity contribution in [3.63, 3.8) is 0 Å². The number of carbonyl (C=O) groups excluding carboxylic acids is 2. The van der Waals surface area contributed by atoms with E-state index in [0.29, 0.717) is 24.8 Å². The molecule has 10 heteroatoms. The second kappa shape index (κ2) is 7.41. The van der Waals surface area contributed by atoms with Crippen molar-refractivity contribution in [3.8, 4) is 0 Å². The molecule has 0 unspecified atom stereocenters. The van der Waals surface area contributed by atoms with Crippen molar-refractivity contribution in [1.82, 2.24) is 0 Å². The van der Waals surface area contributed by atoms with Crippen LogP contribution in [0.1, 0.15) is 59.3 Å². The summed E-state index contributed by atoms with van der Waals surface area (Å²) >= 11 is 6.86. The molecule has 5 rings (SSSR count). The van der Waals surface area contributed by atoms with Gasteiger partial charge in [-0.25, -0.2) is 4.79 Å². The van der Waals surface area contributed by atoms with E-state index in [1.54, 1.807) is 13.8 Å². The molecular formula is C24H31ClO9. The number of hydrogen-bond acceptors (Lipinski definition) is 8. The lowest BCUT2D eigenvalue weighted by molar-refractivity contribution is -0.267. The van der Waals surface area contributed by atoms with Gasteiger partial charge < -0.3 is 29.5 Å². The number of hydrogen-bond donors (Lipinski definition) is 3. The Kier molecular flexibility index (Phi) is 5.24. The first-order chi connectivity index (χ1) is 15.8. The molecule has 9 nitrogen and oxygen atoms in total. The fourth-order valence-electron chi connectivity index (χ4n) is 7.50.